The highest BCUT2D eigenvalue weighted by molar-refractivity contribution is 5.95. The Kier molecular flexibility index (Phi) is 7.37. The minimum Gasteiger partial charge on any atom is -0.357 e. The molecule has 1 saturated carbocycles. The molecule has 0 aliphatic heterocycles. The summed E-state index contributed by atoms with van der Waals surface area (Å²) in [5, 5.41) is 3.22. The SMILES string of the molecule is CCCN(CCC)c1cc(C(=O)NC2CCCCCC2)ccn1. The molecule has 1 aromatic heterocycles. The highest BCUT2D eigenvalue weighted by Gasteiger charge is 2.17. The van der Waals surface area contributed by atoms with Gasteiger partial charge in [0.2, 0.25) is 0 Å². The molecule has 1 aliphatic carbocycles. The predicted molar refractivity (Wildman–Crippen MR) is 96.0 cm³/mol. The van der Waals surface area contributed by atoms with Gasteiger partial charge < -0.3 is 10.2 Å². The molecule has 1 aliphatic rings. The monoisotopic (exact) mass is 317 g/mol. The van der Waals surface area contributed by atoms with Crippen molar-refractivity contribution in [3.05, 3.63) is 23.9 Å². The van der Waals surface area contributed by atoms with E-state index in [0.717, 1.165) is 50.2 Å². The highest BCUT2D eigenvalue weighted by atomic mass is 16.1. The summed E-state index contributed by atoms with van der Waals surface area (Å²) in [4.78, 5) is 19.3. The fourth-order valence-corrected chi connectivity index (χ4v) is 3.31. The van der Waals surface area contributed by atoms with E-state index < -0.39 is 0 Å². The van der Waals surface area contributed by atoms with E-state index in [0.29, 0.717) is 6.04 Å². The third-order valence-electron chi connectivity index (χ3n) is 4.51. The molecule has 4 heteroatoms. The van der Waals surface area contributed by atoms with Gasteiger partial charge in [0.05, 0.1) is 0 Å². The molecular formula is C19H31N3O. The molecule has 128 valence electrons. The minimum atomic E-state index is 0.0495. The standard InChI is InChI=1S/C19H31N3O/c1-3-13-22(14-4-2)18-15-16(11-12-20-18)19(23)21-17-9-7-5-6-8-10-17/h11-12,15,17H,3-10,13-14H2,1-2H3,(H,21,23). The number of hydrogen-bond acceptors (Lipinski definition) is 3. The fraction of sp³-hybridized carbons (Fsp3) is 0.684. The maximum Gasteiger partial charge on any atom is 0.251 e. The first-order chi connectivity index (χ1) is 11.2. The molecule has 1 fully saturated rings. The van der Waals surface area contributed by atoms with Crippen LogP contribution in [0.5, 0.6) is 0 Å². The molecule has 0 aromatic carbocycles. The molecule has 0 atom stereocenters. The van der Waals surface area contributed by atoms with Crippen LogP contribution in [0.3, 0.4) is 0 Å². The maximum absolute atomic E-state index is 12.6. The van der Waals surface area contributed by atoms with Crippen molar-refractivity contribution < 1.29 is 4.79 Å². The molecule has 1 heterocycles. The van der Waals surface area contributed by atoms with Crippen molar-refractivity contribution >= 4 is 11.7 Å². The van der Waals surface area contributed by atoms with Gasteiger partial charge in [-0.3, -0.25) is 4.79 Å². The molecule has 1 amide bonds. The van der Waals surface area contributed by atoms with Gasteiger partial charge in [0.25, 0.3) is 5.91 Å². The molecule has 2 rings (SSSR count). The molecule has 0 spiro atoms. The van der Waals surface area contributed by atoms with Crippen molar-refractivity contribution in [3.63, 3.8) is 0 Å². The van der Waals surface area contributed by atoms with E-state index in [9.17, 15) is 4.79 Å². The number of aromatic nitrogens is 1. The number of nitrogens with zero attached hydrogens (tertiary/aromatic N) is 2. The molecule has 0 unspecified atom stereocenters. The van der Waals surface area contributed by atoms with Crippen molar-refractivity contribution in [2.45, 2.75) is 71.3 Å². The van der Waals surface area contributed by atoms with Crippen LogP contribution in [0, 0.1) is 0 Å². The van der Waals surface area contributed by atoms with Crippen LogP contribution in [0.1, 0.15) is 75.6 Å². The van der Waals surface area contributed by atoms with Crippen molar-refractivity contribution in [1.82, 2.24) is 10.3 Å². The Labute approximate surface area is 140 Å². The van der Waals surface area contributed by atoms with E-state index in [1.807, 2.05) is 12.1 Å². The summed E-state index contributed by atoms with van der Waals surface area (Å²) in [5.74, 6) is 0.968. The number of carbonyl (C=O) groups excluding carboxylic acids is 1. The van der Waals surface area contributed by atoms with Crippen LogP contribution < -0.4 is 10.2 Å². The van der Waals surface area contributed by atoms with Gasteiger partial charge >= 0.3 is 0 Å². The second-order valence-electron chi connectivity index (χ2n) is 6.55. The lowest BCUT2D eigenvalue weighted by Gasteiger charge is -2.23. The predicted octanol–water partition coefficient (Wildman–Crippen LogP) is 4.16. The molecule has 23 heavy (non-hydrogen) atoms. The number of nitrogens with one attached hydrogen (secondary N) is 1. The van der Waals surface area contributed by atoms with E-state index in [1.165, 1.54) is 25.7 Å². The second-order valence-corrected chi connectivity index (χ2v) is 6.55. The summed E-state index contributed by atoms with van der Waals surface area (Å²) in [6.45, 7) is 6.31. The van der Waals surface area contributed by atoms with Crippen LogP contribution in [0.4, 0.5) is 5.82 Å². The summed E-state index contributed by atoms with van der Waals surface area (Å²) in [6, 6.07) is 4.10. The van der Waals surface area contributed by atoms with Crippen LogP contribution in [0.2, 0.25) is 0 Å². The Bertz CT molecular complexity index is 475. The summed E-state index contributed by atoms with van der Waals surface area (Å²) in [5.41, 5.74) is 0.733. The quantitative estimate of drug-likeness (QED) is 0.768. The van der Waals surface area contributed by atoms with Crippen LogP contribution >= 0.6 is 0 Å². The van der Waals surface area contributed by atoms with Crippen molar-refractivity contribution in [2.75, 3.05) is 18.0 Å². The Morgan fingerprint density at radius 3 is 2.43 bits per heavy atom. The molecule has 1 aromatic rings. The normalized spacial score (nSPS) is 15.9. The minimum absolute atomic E-state index is 0.0495. The first-order valence-electron chi connectivity index (χ1n) is 9.26. The molecule has 0 saturated heterocycles. The summed E-state index contributed by atoms with van der Waals surface area (Å²) >= 11 is 0. The van der Waals surface area contributed by atoms with E-state index >= 15 is 0 Å². The molecule has 0 radical (unpaired) electrons. The van der Waals surface area contributed by atoms with E-state index in [2.05, 4.69) is 29.0 Å². The molecular weight excluding hydrogens is 286 g/mol. The molecule has 1 N–H and O–H groups in total. The summed E-state index contributed by atoms with van der Waals surface area (Å²) < 4.78 is 0. The average molecular weight is 317 g/mol. The number of anilines is 1. The van der Waals surface area contributed by atoms with Crippen molar-refractivity contribution in [1.29, 1.82) is 0 Å². The number of hydrogen-bond donors (Lipinski definition) is 1. The Morgan fingerprint density at radius 2 is 1.83 bits per heavy atom. The first kappa shape index (κ1) is 17.8. The average Bonchev–Trinajstić information content (AvgIpc) is 2.83. The van der Waals surface area contributed by atoms with E-state index in [4.69, 9.17) is 0 Å². The zero-order valence-corrected chi connectivity index (χ0v) is 14.7. The van der Waals surface area contributed by atoms with Crippen molar-refractivity contribution in [2.24, 2.45) is 0 Å². The lowest BCUT2D eigenvalue weighted by Crippen LogP contribution is -2.34. The van der Waals surface area contributed by atoms with Gasteiger partial charge in [-0.25, -0.2) is 4.98 Å². The van der Waals surface area contributed by atoms with Gasteiger partial charge in [0.1, 0.15) is 5.82 Å². The van der Waals surface area contributed by atoms with E-state index in [-0.39, 0.29) is 5.91 Å². The van der Waals surface area contributed by atoms with Crippen LogP contribution in [0.25, 0.3) is 0 Å². The number of pyridine rings is 1. The lowest BCUT2D eigenvalue weighted by molar-refractivity contribution is 0.0933. The Hall–Kier alpha value is -1.58. The largest absolute Gasteiger partial charge is 0.357 e. The zero-order chi connectivity index (χ0) is 16.5. The topological polar surface area (TPSA) is 45.2 Å². The molecule has 4 nitrogen and oxygen atoms in total. The van der Waals surface area contributed by atoms with Gasteiger partial charge in [-0.1, -0.05) is 39.5 Å². The summed E-state index contributed by atoms with van der Waals surface area (Å²) in [6.07, 6.45) is 11.2. The zero-order valence-electron chi connectivity index (χ0n) is 14.7. The van der Waals surface area contributed by atoms with Gasteiger partial charge in [-0.2, -0.15) is 0 Å². The van der Waals surface area contributed by atoms with Crippen molar-refractivity contribution in [3.8, 4) is 0 Å². The van der Waals surface area contributed by atoms with E-state index in [1.54, 1.807) is 6.20 Å². The number of rotatable bonds is 7. The lowest BCUT2D eigenvalue weighted by atomic mass is 10.1. The highest BCUT2D eigenvalue weighted by Crippen LogP contribution is 2.18. The van der Waals surface area contributed by atoms with Crippen LogP contribution in [0.15, 0.2) is 18.3 Å². The molecule has 0 bridgehead atoms. The number of carbonyl (C=O) groups is 1. The smallest absolute Gasteiger partial charge is 0.251 e. The third kappa shape index (κ3) is 5.52. The van der Waals surface area contributed by atoms with Gasteiger partial charge in [0, 0.05) is 30.9 Å². The van der Waals surface area contributed by atoms with Gasteiger partial charge in [-0.15, -0.1) is 0 Å². The maximum atomic E-state index is 12.6. The van der Waals surface area contributed by atoms with Gasteiger partial charge in [-0.05, 0) is 37.8 Å². The van der Waals surface area contributed by atoms with Crippen LogP contribution in [-0.2, 0) is 0 Å². The fourth-order valence-electron chi connectivity index (χ4n) is 3.31. The second kappa shape index (κ2) is 9.53. The van der Waals surface area contributed by atoms with Crippen LogP contribution in [-0.4, -0.2) is 30.0 Å². The third-order valence-corrected chi connectivity index (χ3v) is 4.51. The van der Waals surface area contributed by atoms with Gasteiger partial charge in [0.15, 0.2) is 0 Å². The first-order valence-corrected chi connectivity index (χ1v) is 9.26. The Morgan fingerprint density at radius 1 is 1.17 bits per heavy atom. The Balaban J connectivity index is 2.03. The number of amides is 1. The summed E-state index contributed by atoms with van der Waals surface area (Å²) in [7, 11) is 0.